The Labute approximate surface area is 143 Å². The van der Waals surface area contributed by atoms with E-state index in [2.05, 4.69) is 10.6 Å². The van der Waals surface area contributed by atoms with Crippen LogP contribution in [0.1, 0.15) is 20.8 Å². The number of nitrogens with two attached hydrogens (primary N) is 1. The number of carbonyl (C=O) groups is 2. The van der Waals surface area contributed by atoms with Crippen LogP contribution in [0, 0.1) is 13.8 Å². The van der Waals surface area contributed by atoms with E-state index < -0.39 is 15.9 Å². The molecular formula is C15H17N3O4S2. The number of thiophene rings is 1. The van der Waals surface area contributed by atoms with E-state index in [-0.39, 0.29) is 17.3 Å². The summed E-state index contributed by atoms with van der Waals surface area (Å²) < 4.78 is 23.0. The van der Waals surface area contributed by atoms with Gasteiger partial charge in [0.25, 0.3) is 5.91 Å². The third kappa shape index (κ3) is 4.40. The van der Waals surface area contributed by atoms with E-state index in [9.17, 15) is 18.0 Å². The Morgan fingerprint density at radius 3 is 2.54 bits per heavy atom. The van der Waals surface area contributed by atoms with Crippen LogP contribution in [0.3, 0.4) is 0 Å². The third-order valence-electron chi connectivity index (χ3n) is 3.40. The normalized spacial score (nSPS) is 11.1. The molecule has 1 aromatic heterocycles. The van der Waals surface area contributed by atoms with E-state index in [1.165, 1.54) is 23.5 Å². The summed E-state index contributed by atoms with van der Waals surface area (Å²) >= 11 is 1.27. The molecule has 1 heterocycles. The van der Waals surface area contributed by atoms with Gasteiger partial charge in [-0.05, 0) is 48.6 Å². The zero-order valence-corrected chi connectivity index (χ0v) is 14.8. The van der Waals surface area contributed by atoms with Gasteiger partial charge in [-0.25, -0.2) is 13.6 Å². The number of nitrogens with one attached hydrogen (secondary N) is 2. The first-order chi connectivity index (χ1) is 11.2. The second-order valence-electron chi connectivity index (χ2n) is 5.17. The van der Waals surface area contributed by atoms with Crippen molar-refractivity contribution in [3.8, 4) is 0 Å². The Morgan fingerprint density at radius 2 is 1.96 bits per heavy atom. The van der Waals surface area contributed by atoms with Gasteiger partial charge in [0.15, 0.2) is 0 Å². The fraction of sp³-hybridized carbons (Fsp3) is 0.200. The van der Waals surface area contributed by atoms with Gasteiger partial charge >= 0.3 is 0 Å². The van der Waals surface area contributed by atoms with Crippen molar-refractivity contribution in [1.82, 2.24) is 5.32 Å². The van der Waals surface area contributed by atoms with Crippen LogP contribution in [0.5, 0.6) is 0 Å². The highest BCUT2D eigenvalue weighted by Gasteiger charge is 2.15. The number of hydrogen-bond donors (Lipinski definition) is 3. The number of sulfonamides is 1. The molecule has 0 unspecified atom stereocenters. The first kappa shape index (κ1) is 18.1. The van der Waals surface area contributed by atoms with Crippen LogP contribution in [0.4, 0.5) is 5.69 Å². The predicted octanol–water partition coefficient (Wildman–Crippen LogP) is 1.38. The summed E-state index contributed by atoms with van der Waals surface area (Å²) in [6.45, 7) is 3.25. The zero-order chi connectivity index (χ0) is 17.9. The summed E-state index contributed by atoms with van der Waals surface area (Å²) in [7, 11) is -3.88. The van der Waals surface area contributed by atoms with Gasteiger partial charge < -0.3 is 10.6 Å². The van der Waals surface area contributed by atoms with Crippen molar-refractivity contribution in [3.05, 3.63) is 45.6 Å². The minimum atomic E-state index is -3.88. The molecule has 0 aliphatic carbocycles. The lowest BCUT2D eigenvalue weighted by Crippen LogP contribution is -2.32. The standard InChI is InChI=1S/C15H17N3O4S2/c1-9-6-11(24(16,21)22)7-12(10(9)2)18-14(19)8-17-15(20)13-4-3-5-23-13/h3-7H,8H2,1-2H3,(H,17,20)(H,18,19)(H2,16,21,22). The van der Waals surface area contributed by atoms with Crippen LogP contribution < -0.4 is 15.8 Å². The maximum atomic E-state index is 12.0. The molecule has 0 spiro atoms. The molecule has 0 aliphatic heterocycles. The molecule has 0 aliphatic rings. The molecule has 7 nitrogen and oxygen atoms in total. The summed E-state index contributed by atoms with van der Waals surface area (Å²) in [5.74, 6) is -0.805. The molecule has 2 amide bonds. The molecule has 4 N–H and O–H groups in total. The molecule has 0 saturated carbocycles. The maximum absolute atomic E-state index is 12.0. The predicted molar refractivity (Wildman–Crippen MR) is 92.6 cm³/mol. The first-order valence-corrected chi connectivity index (χ1v) is 9.36. The topological polar surface area (TPSA) is 118 Å². The lowest BCUT2D eigenvalue weighted by Gasteiger charge is -2.13. The van der Waals surface area contributed by atoms with E-state index in [0.29, 0.717) is 16.1 Å². The summed E-state index contributed by atoms with van der Waals surface area (Å²) in [4.78, 5) is 24.2. The average Bonchev–Trinajstić information content (AvgIpc) is 3.02. The van der Waals surface area contributed by atoms with Crippen LogP contribution in [-0.2, 0) is 14.8 Å². The van der Waals surface area contributed by atoms with Crippen molar-refractivity contribution in [3.63, 3.8) is 0 Å². The number of aryl methyl sites for hydroxylation is 1. The molecule has 24 heavy (non-hydrogen) atoms. The van der Waals surface area contributed by atoms with E-state index in [1.807, 2.05) is 0 Å². The molecule has 0 atom stereocenters. The van der Waals surface area contributed by atoms with Crippen molar-refractivity contribution >= 4 is 38.9 Å². The SMILES string of the molecule is Cc1cc(S(N)(=O)=O)cc(NC(=O)CNC(=O)c2cccs2)c1C. The highest BCUT2D eigenvalue weighted by molar-refractivity contribution is 7.89. The van der Waals surface area contributed by atoms with E-state index in [0.717, 1.165) is 5.56 Å². The Morgan fingerprint density at radius 1 is 1.25 bits per heavy atom. The van der Waals surface area contributed by atoms with Gasteiger partial charge in [0.05, 0.1) is 16.3 Å². The van der Waals surface area contributed by atoms with Gasteiger partial charge in [0.2, 0.25) is 15.9 Å². The molecule has 2 rings (SSSR count). The van der Waals surface area contributed by atoms with E-state index in [4.69, 9.17) is 5.14 Å². The lowest BCUT2D eigenvalue weighted by atomic mass is 10.1. The molecule has 128 valence electrons. The number of rotatable bonds is 5. The van der Waals surface area contributed by atoms with Gasteiger partial charge in [0, 0.05) is 5.69 Å². The Balaban J connectivity index is 2.09. The van der Waals surface area contributed by atoms with E-state index in [1.54, 1.807) is 31.4 Å². The van der Waals surface area contributed by atoms with Crippen molar-refractivity contribution in [2.45, 2.75) is 18.7 Å². The van der Waals surface area contributed by atoms with Gasteiger partial charge in [-0.3, -0.25) is 9.59 Å². The van der Waals surface area contributed by atoms with Crippen LogP contribution in [0.25, 0.3) is 0 Å². The number of benzene rings is 1. The Kier molecular flexibility index (Phi) is 5.37. The van der Waals surface area contributed by atoms with Gasteiger partial charge in [-0.1, -0.05) is 6.07 Å². The molecule has 0 saturated heterocycles. The van der Waals surface area contributed by atoms with Crippen LogP contribution in [-0.4, -0.2) is 26.8 Å². The van der Waals surface area contributed by atoms with Crippen molar-refractivity contribution in [2.24, 2.45) is 5.14 Å². The fourth-order valence-corrected chi connectivity index (χ4v) is 3.23. The minimum absolute atomic E-state index is 0.0801. The number of carbonyl (C=O) groups excluding carboxylic acids is 2. The summed E-state index contributed by atoms with van der Waals surface area (Å²) in [6.07, 6.45) is 0. The van der Waals surface area contributed by atoms with Crippen molar-refractivity contribution < 1.29 is 18.0 Å². The molecule has 1 aromatic carbocycles. The molecular weight excluding hydrogens is 350 g/mol. The highest BCUT2D eigenvalue weighted by Crippen LogP contribution is 2.23. The van der Waals surface area contributed by atoms with Gasteiger partial charge in [-0.2, -0.15) is 0 Å². The average molecular weight is 367 g/mol. The van der Waals surface area contributed by atoms with Crippen LogP contribution in [0.2, 0.25) is 0 Å². The number of anilines is 1. The highest BCUT2D eigenvalue weighted by atomic mass is 32.2. The molecule has 9 heteroatoms. The summed E-state index contributed by atoms with van der Waals surface area (Å²) in [5.41, 5.74) is 1.74. The molecule has 2 aromatic rings. The largest absolute Gasteiger partial charge is 0.342 e. The molecule has 0 radical (unpaired) electrons. The van der Waals surface area contributed by atoms with Crippen LogP contribution in [0.15, 0.2) is 34.5 Å². The fourth-order valence-electron chi connectivity index (χ4n) is 1.97. The van der Waals surface area contributed by atoms with Gasteiger partial charge in [0.1, 0.15) is 0 Å². The second kappa shape index (κ2) is 7.12. The third-order valence-corrected chi connectivity index (χ3v) is 5.16. The number of primary sulfonamides is 1. The summed E-state index contributed by atoms with van der Waals surface area (Å²) in [6, 6.07) is 6.14. The Hall–Kier alpha value is -2.23. The first-order valence-electron chi connectivity index (χ1n) is 6.94. The number of amides is 2. The van der Waals surface area contributed by atoms with Crippen molar-refractivity contribution in [2.75, 3.05) is 11.9 Å². The lowest BCUT2D eigenvalue weighted by molar-refractivity contribution is -0.115. The van der Waals surface area contributed by atoms with Crippen molar-refractivity contribution in [1.29, 1.82) is 0 Å². The quantitative estimate of drug-likeness (QED) is 0.740. The zero-order valence-electron chi connectivity index (χ0n) is 13.1. The van der Waals surface area contributed by atoms with Gasteiger partial charge in [-0.15, -0.1) is 11.3 Å². The smallest absolute Gasteiger partial charge is 0.261 e. The minimum Gasteiger partial charge on any atom is -0.342 e. The molecule has 0 bridgehead atoms. The second-order valence-corrected chi connectivity index (χ2v) is 7.68. The van der Waals surface area contributed by atoms with Crippen LogP contribution >= 0.6 is 11.3 Å². The Bertz CT molecular complexity index is 874. The summed E-state index contributed by atoms with van der Waals surface area (Å²) in [5, 5.41) is 12.0. The molecule has 0 fully saturated rings. The van der Waals surface area contributed by atoms with E-state index >= 15 is 0 Å². The maximum Gasteiger partial charge on any atom is 0.261 e. The number of hydrogen-bond acceptors (Lipinski definition) is 5. The monoisotopic (exact) mass is 367 g/mol.